The fraction of sp³-hybridized carbons (Fsp3) is 0.222. The number of thioether (sulfide) groups is 1. The maximum absolute atomic E-state index is 10.3. The van der Waals surface area contributed by atoms with Crippen molar-refractivity contribution in [1.29, 1.82) is 5.41 Å². The molecule has 0 aromatic heterocycles. The lowest BCUT2D eigenvalue weighted by Crippen LogP contribution is -1.89. The van der Waals surface area contributed by atoms with Crippen molar-refractivity contribution < 1.29 is 4.92 Å². The molecule has 0 atom stereocenters. The van der Waals surface area contributed by atoms with Crippen LogP contribution in [0.3, 0.4) is 0 Å². The number of hydrogen-bond donors (Lipinski definition) is 1. The molecule has 0 spiro atoms. The topological polar surface area (TPSA) is 67.0 Å². The maximum Gasteiger partial charge on any atom is 0.269 e. The molecule has 0 aliphatic rings. The van der Waals surface area contributed by atoms with Crippen molar-refractivity contribution in [2.24, 2.45) is 0 Å². The number of non-ortho nitro benzene ring substituents is 1. The fourth-order valence-electron chi connectivity index (χ4n) is 0.905. The molecule has 14 heavy (non-hydrogen) atoms. The van der Waals surface area contributed by atoms with Crippen LogP contribution >= 0.6 is 11.8 Å². The van der Waals surface area contributed by atoms with Crippen LogP contribution in [0.4, 0.5) is 5.69 Å². The van der Waals surface area contributed by atoms with Crippen LogP contribution in [-0.4, -0.2) is 9.97 Å². The van der Waals surface area contributed by atoms with E-state index < -0.39 is 4.92 Å². The predicted octanol–water partition coefficient (Wildman–Crippen LogP) is 2.83. The molecule has 0 amide bonds. The number of hydrogen-bond acceptors (Lipinski definition) is 4. The molecular weight excluding hydrogens is 200 g/mol. The van der Waals surface area contributed by atoms with Crippen LogP contribution in [0.5, 0.6) is 0 Å². The van der Waals surface area contributed by atoms with E-state index >= 15 is 0 Å². The van der Waals surface area contributed by atoms with Crippen molar-refractivity contribution in [3.8, 4) is 0 Å². The van der Waals surface area contributed by atoms with Crippen LogP contribution in [0.1, 0.15) is 12.5 Å². The van der Waals surface area contributed by atoms with Gasteiger partial charge in [-0.1, -0.05) is 12.1 Å². The molecule has 74 valence electrons. The highest BCUT2D eigenvalue weighted by molar-refractivity contribution is 8.13. The summed E-state index contributed by atoms with van der Waals surface area (Å²) in [6.07, 6.45) is 0. The summed E-state index contributed by atoms with van der Waals surface area (Å²) < 4.78 is 0. The van der Waals surface area contributed by atoms with Gasteiger partial charge in [0.1, 0.15) is 0 Å². The van der Waals surface area contributed by atoms with Crippen molar-refractivity contribution in [3.05, 3.63) is 39.9 Å². The lowest BCUT2D eigenvalue weighted by molar-refractivity contribution is -0.384. The first-order valence-corrected chi connectivity index (χ1v) is 4.99. The number of benzene rings is 1. The Bertz CT molecular complexity index is 348. The highest BCUT2D eigenvalue weighted by Gasteiger charge is 2.03. The van der Waals surface area contributed by atoms with Crippen molar-refractivity contribution >= 4 is 22.5 Å². The third kappa shape index (κ3) is 3.18. The summed E-state index contributed by atoms with van der Waals surface area (Å²) in [5.41, 5.74) is 1.09. The average molecular weight is 210 g/mol. The molecular formula is C9H10N2O2S. The van der Waals surface area contributed by atoms with E-state index in [4.69, 9.17) is 5.41 Å². The van der Waals surface area contributed by atoms with Crippen LogP contribution in [0.15, 0.2) is 24.3 Å². The Hall–Kier alpha value is -1.36. The number of rotatable bonds is 3. The molecule has 0 saturated heterocycles. The van der Waals surface area contributed by atoms with Gasteiger partial charge < -0.3 is 0 Å². The molecule has 0 fully saturated rings. The maximum atomic E-state index is 10.3. The Kier molecular flexibility index (Phi) is 3.64. The molecule has 0 aliphatic heterocycles. The van der Waals surface area contributed by atoms with Gasteiger partial charge in [0.05, 0.1) is 9.97 Å². The van der Waals surface area contributed by atoms with E-state index in [0.717, 1.165) is 5.56 Å². The highest BCUT2D eigenvalue weighted by atomic mass is 32.2. The van der Waals surface area contributed by atoms with Gasteiger partial charge in [0, 0.05) is 17.9 Å². The van der Waals surface area contributed by atoms with Crippen LogP contribution in [-0.2, 0) is 5.75 Å². The Balaban J connectivity index is 2.64. The quantitative estimate of drug-likeness (QED) is 0.361. The normalized spacial score (nSPS) is 9.79. The Labute approximate surface area is 86.0 Å². The zero-order valence-corrected chi connectivity index (χ0v) is 8.50. The summed E-state index contributed by atoms with van der Waals surface area (Å²) in [6.45, 7) is 1.72. The lowest BCUT2D eigenvalue weighted by Gasteiger charge is -1.99. The van der Waals surface area contributed by atoms with E-state index in [1.807, 2.05) is 0 Å². The molecule has 5 heteroatoms. The van der Waals surface area contributed by atoms with Gasteiger partial charge in [-0.15, -0.1) is 11.8 Å². The standard InChI is InChI=1S/C9H10N2O2S/c1-7(10)14-6-8-2-4-9(5-3-8)11(12)13/h2-5,10H,6H2,1H3. The first-order chi connectivity index (χ1) is 6.59. The molecule has 1 N–H and O–H groups in total. The minimum Gasteiger partial charge on any atom is -0.299 e. The molecule has 4 nitrogen and oxygen atoms in total. The van der Waals surface area contributed by atoms with Crippen molar-refractivity contribution in [2.45, 2.75) is 12.7 Å². The van der Waals surface area contributed by atoms with Crippen molar-refractivity contribution in [3.63, 3.8) is 0 Å². The van der Waals surface area contributed by atoms with E-state index in [1.54, 1.807) is 19.1 Å². The smallest absolute Gasteiger partial charge is 0.269 e. The van der Waals surface area contributed by atoms with E-state index in [0.29, 0.717) is 10.8 Å². The summed E-state index contributed by atoms with van der Waals surface area (Å²) in [7, 11) is 0. The molecule has 0 radical (unpaired) electrons. The molecule has 1 aromatic rings. The minimum atomic E-state index is -0.418. The summed E-state index contributed by atoms with van der Waals surface area (Å²) in [6, 6.07) is 6.40. The predicted molar refractivity (Wildman–Crippen MR) is 57.8 cm³/mol. The van der Waals surface area contributed by atoms with E-state index in [1.165, 1.54) is 23.9 Å². The monoisotopic (exact) mass is 210 g/mol. The van der Waals surface area contributed by atoms with Gasteiger partial charge in [0.25, 0.3) is 5.69 Å². The molecule has 1 aromatic carbocycles. The largest absolute Gasteiger partial charge is 0.299 e. The van der Waals surface area contributed by atoms with Gasteiger partial charge >= 0.3 is 0 Å². The Morgan fingerprint density at radius 3 is 2.50 bits per heavy atom. The SMILES string of the molecule is CC(=N)SCc1ccc([N+](=O)[O-])cc1. The van der Waals surface area contributed by atoms with Gasteiger partial charge in [-0.3, -0.25) is 15.5 Å². The molecule has 1 rings (SSSR count). The van der Waals surface area contributed by atoms with Crippen LogP contribution < -0.4 is 0 Å². The molecule has 0 heterocycles. The second-order valence-corrected chi connectivity index (χ2v) is 3.96. The Morgan fingerprint density at radius 2 is 2.07 bits per heavy atom. The highest BCUT2D eigenvalue weighted by Crippen LogP contribution is 2.16. The molecule has 0 saturated carbocycles. The van der Waals surface area contributed by atoms with Gasteiger partial charge in [-0.2, -0.15) is 0 Å². The number of nitrogens with one attached hydrogen (secondary N) is 1. The third-order valence-electron chi connectivity index (χ3n) is 1.60. The summed E-state index contributed by atoms with van der Waals surface area (Å²) in [5, 5.41) is 18.1. The van der Waals surface area contributed by atoms with E-state index in [9.17, 15) is 10.1 Å². The first kappa shape index (κ1) is 10.7. The second kappa shape index (κ2) is 4.76. The Morgan fingerprint density at radius 1 is 1.50 bits per heavy atom. The van der Waals surface area contributed by atoms with Gasteiger partial charge in [0.15, 0.2) is 0 Å². The van der Waals surface area contributed by atoms with Crippen LogP contribution in [0.25, 0.3) is 0 Å². The van der Waals surface area contributed by atoms with Gasteiger partial charge in [0.2, 0.25) is 0 Å². The minimum absolute atomic E-state index is 0.102. The number of nitro benzene ring substituents is 1. The first-order valence-electron chi connectivity index (χ1n) is 4.01. The second-order valence-electron chi connectivity index (χ2n) is 2.77. The van der Waals surface area contributed by atoms with Crippen molar-refractivity contribution in [1.82, 2.24) is 0 Å². The molecule has 0 bridgehead atoms. The van der Waals surface area contributed by atoms with Gasteiger partial charge in [-0.25, -0.2) is 0 Å². The van der Waals surface area contributed by atoms with Crippen LogP contribution in [0.2, 0.25) is 0 Å². The zero-order valence-electron chi connectivity index (χ0n) is 7.69. The number of nitro groups is 1. The molecule has 0 unspecified atom stereocenters. The fourth-order valence-corrected chi connectivity index (χ4v) is 1.48. The summed E-state index contributed by atoms with van der Waals surface area (Å²) >= 11 is 1.41. The van der Waals surface area contributed by atoms with E-state index in [2.05, 4.69) is 0 Å². The van der Waals surface area contributed by atoms with Gasteiger partial charge in [-0.05, 0) is 12.5 Å². The third-order valence-corrected chi connectivity index (χ3v) is 2.51. The molecule has 0 aliphatic carbocycles. The lowest BCUT2D eigenvalue weighted by atomic mass is 10.2. The average Bonchev–Trinajstić information content (AvgIpc) is 2.15. The zero-order chi connectivity index (χ0) is 10.6. The van der Waals surface area contributed by atoms with Crippen molar-refractivity contribution in [2.75, 3.05) is 0 Å². The number of nitrogens with zero attached hydrogens (tertiary/aromatic N) is 1. The van der Waals surface area contributed by atoms with Crippen LogP contribution in [0, 0.1) is 15.5 Å². The summed E-state index contributed by atoms with van der Waals surface area (Å²) in [4.78, 5) is 9.93. The van der Waals surface area contributed by atoms with E-state index in [-0.39, 0.29) is 5.69 Å². The summed E-state index contributed by atoms with van der Waals surface area (Å²) in [5.74, 6) is 0.688.